The second-order valence-corrected chi connectivity index (χ2v) is 4.04. The summed E-state index contributed by atoms with van der Waals surface area (Å²) in [5, 5.41) is 2.60. The lowest BCUT2D eigenvalue weighted by atomic mass is 10.2. The molecule has 92 valence electrons. The molecule has 0 radical (unpaired) electrons. The molecule has 0 aliphatic rings. The highest BCUT2D eigenvalue weighted by Crippen LogP contribution is 2.26. The predicted molar refractivity (Wildman–Crippen MR) is 67.1 cm³/mol. The first kappa shape index (κ1) is 12.7. The Kier molecular flexibility index (Phi) is 3.74. The first-order chi connectivity index (χ1) is 8.63. The van der Waals surface area contributed by atoms with Crippen LogP contribution in [0.2, 0.25) is 10.2 Å². The molecular weight excluding hydrogens is 280 g/mol. The fourth-order valence-electron chi connectivity index (χ4n) is 1.31. The molecule has 7 heteroatoms. The number of carbonyl (C=O) groups excluding carboxylic acids is 1. The van der Waals surface area contributed by atoms with Gasteiger partial charge in [0, 0.05) is 0 Å². The summed E-state index contributed by atoms with van der Waals surface area (Å²) in [7, 11) is 0. The van der Waals surface area contributed by atoms with Crippen molar-refractivity contribution < 1.29 is 9.18 Å². The molecule has 0 bridgehead atoms. The largest absolute Gasteiger partial charge is 0.337 e. The van der Waals surface area contributed by atoms with Crippen LogP contribution in [0.3, 0.4) is 0 Å². The first-order valence-electron chi connectivity index (χ1n) is 4.80. The van der Waals surface area contributed by atoms with Gasteiger partial charge in [-0.05, 0) is 12.1 Å². The molecule has 0 saturated heterocycles. The van der Waals surface area contributed by atoms with Crippen LogP contribution in [0.15, 0.2) is 24.5 Å². The van der Waals surface area contributed by atoms with Gasteiger partial charge in [-0.15, -0.1) is 0 Å². The smallest absolute Gasteiger partial charge is 0.165 e. The molecule has 1 heterocycles. The van der Waals surface area contributed by atoms with Crippen LogP contribution in [0.1, 0.15) is 10.4 Å². The molecule has 0 atom stereocenters. The van der Waals surface area contributed by atoms with Crippen molar-refractivity contribution in [3.8, 4) is 0 Å². The van der Waals surface area contributed by atoms with Crippen LogP contribution in [0, 0.1) is 5.82 Å². The van der Waals surface area contributed by atoms with Crippen LogP contribution in [0.5, 0.6) is 0 Å². The lowest BCUT2D eigenvalue weighted by Gasteiger charge is -2.09. The summed E-state index contributed by atoms with van der Waals surface area (Å²) in [6.07, 6.45) is 1.66. The van der Waals surface area contributed by atoms with Crippen molar-refractivity contribution in [2.24, 2.45) is 0 Å². The van der Waals surface area contributed by atoms with Crippen molar-refractivity contribution in [2.75, 3.05) is 5.32 Å². The predicted octanol–water partition coefficient (Wildman–Crippen LogP) is 3.48. The fourth-order valence-corrected chi connectivity index (χ4v) is 1.66. The summed E-state index contributed by atoms with van der Waals surface area (Å²) in [6.45, 7) is 0. The Morgan fingerprint density at radius 2 is 2.06 bits per heavy atom. The van der Waals surface area contributed by atoms with Crippen molar-refractivity contribution in [2.45, 2.75) is 0 Å². The zero-order valence-electron chi connectivity index (χ0n) is 8.82. The SMILES string of the molecule is O=Cc1c(Cl)ncnc1Nc1cccc(Cl)c1F. The Bertz CT molecular complexity index is 607. The third-order valence-electron chi connectivity index (χ3n) is 2.16. The third-order valence-corrected chi connectivity index (χ3v) is 2.75. The van der Waals surface area contributed by atoms with E-state index in [9.17, 15) is 9.18 Å². The van der Waals surface area contributed by atoms with E-state index in [2.05, 4.69) is 15.3 Å². The number of aldehydes is 1. The van der Waals surface area contributed by atoms with Gasteiger partial charge in [-0.2, -0.15) is 0 Å². The van der Waals surface area contributed by atoms with Gasteiger partial charge in [-0.1, -0.05) is 29.3 Å². The van der Waals surface area contributed by atoms with Gasteiger partial charge in [0.25, 0.3) is 0 Å². The molecule has 1 aromatic carbocycles. The number of halogens is 3. The van der Waals surface area contributed by atoms with Gasteiger partial charge in [0.2, 0.25) is 0 Å². The molecule has 0 fully saturated rings. The molecule has 0 spiro atoms. The monoisotopic (exact) mass is 285 g/mol. The highest BCUT2D eigenvalue weighted by Gasteiger charge is 2.12. The summed E-state index contributed by atoms with van der Waals surface area (Å²) >= 11 is 11.4. The summed E-state index contributed by atoms with van der Waals surface area (Å²) < 4.78 is 13.7. The minimum atomic E-state index is -0.634. The van der Waals surface area contributed by atoms with E-state index in [1.807, 2.05) is 0 Å². The molecule has 0 saturated carbocycles. The van der Waals surface area contributed by atoms with Crippen molar-refractivity contribution in [1.82, 2.24) is 9.97 Å². The van der Waals surface area contributed by atoms with Crippen molar-refractivity contribution >= 4 is 41.0 Å². The van der Waals surface area contributed by atoms with Crippen molar-refractivity contribution in [3.63, 3.8) is 0 Å². The maximum atomic E-state index is 13.7. The Morgan fingerprint density at radius 3 is 2.78 bits per heavy atom. The molecule has 0 unspecified atom stereocenters. The van der Waals surface area contributed by atoms with Crippen LogP contribution in [-0.2, 0) is 0 Å². The molecule has 0 amide bonds. The highest BCUT2D eigenvalue weighted by atomic mass is 35.5. The minimum absolute atomic E-state index is 0.00932. The van der Waals surface area contributed by atoms with E-state index < -0.39 is 5.82 Å². The van der Waals surface area contributed by atoms with E-state index in [-0.39, 0.29) is 27.2 Å². The standard InChI is InChI=1S/C11H6Cl2FN3O/c12-7-2-1-3-8(9(7)14)17-11-6(4-18)10(13)15-5-16-11/h1-5H,(H,15,16,17). The second-order valence-electron chi connectivity index (χ2n) is 3.27. The van der Waals surface area contributed by atoms with Gasteiger partial charge in [0.05, 0.1) is 16.3 Å². The fraction of sp³-hybridized carbons (Fsp3) is 0. The average molecular weight is 286 g/mol. The summed E-state index contributed by atoms with van der Waals surface area (Å²) in [6, 6.07) is 4.44. The van der Waals surface area contributed by atoms with E-state index in [0.717, 1.165) is 0 Å². The summed E-state index contributed by atoms with van der Waals surface area (Å²) in [5.41, 5.74) is 0.152. The van der Waals surface area contributed by atoms with E-state index in [1.165, 1.54) is 18.5 Å². The third kappa shape index (κ3) is 2.42. The number of hydrogen-bond donors (Lipinski definition) is 1. The Labute approximate surface area is 112 Å². The molecule has 0 aliphatic carbocycles. The van der Waals surface area contributed by atoms with E-state index in [0.29, 0.717) is 6.29 Å². The van der Waals surface area contributed by atoms with Crippen LogP contribution >= 0.6 is 23.2 Å². The number of anilines is 2. The molecule has 2 aromatic rings. The number of nitrogens with one attached hydrogen (secondary N) is 1. The normalized spacial score (nSPS) is 10.2. The van der Waals surface area contributed by atoms with Crippen LogP contribution < -0.4 is 5.32 Å². The lowest BCUT2D eigenvalue weighted by Crippen LogP contribution is -2.02. The van der Waals surface area contributed by atoms with Gasteiger partial charge < -0.3 is 5.32 Å². The van der Waals surface area contributed by atoms with Crippen LogP contribution in [0.25, 0.3) is 0 Å². The van der Waals surface area contributed by atoms with Crippen molar-refractivity contribution in [1.29, 1.82) is 0 Å². The molecular formula is C11H6Cl2FN3O. The Morgan fingerprint density at radius 1 is 1.28 bits per heavy atom. The molecule has 0 aliphatic heterocycles. The molecule has 2 rings (SSSR count). The topological polar surface area (TPSA) is 54.9 Å². The number of carbonyl (C=O) groups is 1. The molecule has 1 N–H and O–H groups in total. The number of nitrogens with zero attached hydrogens (tertiary/aromatic N) is 2. The number of hydrogen-bond acceptors (Lipinski definition) is 4. The Balaban J connectivity index is 2.43. The minimum Gasteiger partial charge on any atom is -0.337 e. The van der Waals surface area contributed by atoms with E-state index in [1.54, 1.807) is 6.07 Å². The van der Waals surface area contributed by atoms with Crippen LogP contribution in [0.4, 0.5) is 15.9 Å². The molecule has 1 aromatic heterocycles. The van der Waals surface area contributed by atoms with Gasteiger partial charge in [0.1, 0.15) is 17.3 Å². The van der Waals surface area contributed by atoms with Gasteiger partial charge in [-0.25, -0.2) is 14.4 Å². The number of aromatic nitrogens is 2. The van der Waals surface area contributed by atoms with Gasteiger partial charge in [0.15, 0.2) is 12.1 Å². The van der Waals surface area contributed by atoms with Crippen molar-refractivity contribution in [3.05, 3.63) is 46.1 Å². The highest BCUT2D eigenvalue weighted by molar-refractivity contribution is 6.32. The number of rotatable bonds is 3. The molecule has 4 nitrogen and oxygen atoms in total. The van der Waals surface area contributed by atoms with Gasteiger partial charge >= 0.3 is 0 Å². The second kappa shape index (κ2) is 5.29. The van der Waals surface area contributed by atoms with E-state index in [4.69, 9.17) is 23.2 Å². The molecule has 18 heavy (non-hydrogen) atoms. The lowest BCUT2D eigenvalue weighted by molar-refractivity contribution is 0.112. The quantitative estimate of drug-likeness (QED) is 0.693. The zero-order valence-corrected chi connectivity index (χ0v) is 10.3. The van der Waals surface area contributed by atoms with E-state index >= 15 is 0 Å². The maximum Gasteiger partial charge on any atom is 0.165 e. The first-order valence-corrected chi connectivity index (χ1v) is 5.55. The van der Waals surface area contributed by atoms with Crippen LogP contribution in [-0.4, -0.2) is 16.3 Å². The van der Waals surface area contributed by atoms with Gasteiger partial charge in [-0.3, -0.25) is 4.79 Å². The summed E-state index contributed by atoms with van der Waals surface area (Å²) in [4.78, 5) is 18.4. The zero-order chi connectivity index (χ0) is 13.1. The Hall–Kier alpha value is -1.72. The number of benzene rings is 1. The maximum absolute atomic E-state index is 13.7. The summed E-state index contributed by atoms with van der Waals surface area (Å²) in [5.74, 6) is -0.517. The average Bonchev–Trinajstić information content (AvgIpc) is 2.35.